The molecule has 1 aliphatic rings. The smallest absolute Gasteiger partial charge is 0.330 e. The first-order valence-corrected chi connectivity index (χ1v) is 11.4. The minimum atomic E-state index is -0.899. The Bertz CT molecular complexity index is 1110. The average Bonchev–Trinajstić information content (AvgIpc) is 3.23. The van der Waals surface area contributed by atoms with Crippen molar-refractivity contribution in [2.24, 2.45) is 5.16 Å². The van der Waals surface area contributed by atoms with E-state index >= 15 is 0 Å². The van der Waals surface area contributed by atoms with E-state index in [1.807, 2.05) is 18.2 Å². The summed E-state index contributed by atoms with van der Waals surface area (Å²) in [4.78, 5) is 31.5. The molecule has 0 radical (unpaired) electrons. The number of hydrogen-bond acceptors (Lipinski definition) is 6. The van der Waals surface area contributed by atoms with Gasteiger partial charge in [-0.15, -0.1) is 0 Å². The maximum atomic E-state index is 13.3. The van der Waals surface area contributed by atoms with Crippen molar-refractivity contribution in [3.05, 3.63) is 51.4 Å². The number of nitrogens with zero attached hydrogens (tertiary/aromatic N) is 2. The summed E-state index contributed by atoms with van der Waals surface area (Å²) in [6.45, 7) is 9.97. The Balaban J connectivity index is 2.13. The van der Waals surface area contributed by atoms with Crippen LogP contribution in [0, 0.1) is 0 Å². The van der Waals surface area contributed by atoms with Gasteiger partial charge in [0.2, 0.25) is 0 Å². The summed E-state index contributed by atoms with van der Waals surface area (Å²) in [7, 11) is 1.53. The minimum Gasteiger partial charge on any atom is -0.495 e. The van der Waals surface area contributed by atoms with Gasteiger partial charge in [0.1, 0.15) is 24.0 Å². The number of pyridine rings is 1. The molecule has 178 valence electrons. The first-order chi connectivity index (χ1) is 15.5. The van der Waals surface area contributed by atoms with Crippen LogP contribution in [0.5, 0.6) is 5.75 Å². The monoisotopic (exact) mass is 474 g/mol. The number of carbonyl (C=O) groups excluding carboxylic acids is 1. The molecule has 8 heteroatoms. The van der Waals surface area contributed by atoms with E-state index < -0.39 is 17.6 Å². The highest BCUT2D eigenvalue weighted by Crippen LogP contribution is 2.37. The van der Waals surface area contributed by atoms with Gasteiger partial charge in [-0.05, 0) is 49.9 Å². The maximum absolute atomic E-state index is 13.3. The Morgan fingerprint density at radius 2 is 1.97 bits per heavy atom. The van der Waals surface area contributed by atoms with Gasteiger partial charge < -0.3 is 14.3 Å². The van der Waals surface area contributed by atoms with Crippen molar-refractivity contribution < 1.29 is 19.1 Å². The van der Waals surface area contributed by atoms with Gasteiger partial charge in [0.05, 0.1) is 19.0 Å². The lowest BCUT2D eigenvalue weighted by Gasteiger charge is -2.26. The molecule has 1 atom stereocenters. The van der Waals surface area contributed by atoms with Crippen LogP contribution in [0.1, 0.15) is 65.0 Å². The van der Waals surface area contributed by atoms with E-state index in [2.05, 4.69) is 19.0 Å². The summed E-state index contributed by atoms with van der Waals surface area (Å²) >= 11 is 6.28. The summed E-state index contributed by atoms with van der Waals surface area (Å²) < 4.78 is 12.6. The van der Waals surface area contributed by atoms with E-state index in [1.54, 1.807) is 27.0 Å². The molecule has 0 spiro atoms. The number of carbonyl (C=O) groups is 1. The van der Waals surface area contributed by atoms with Crippen molar-refractivity contribution in [1.29, 1.82) is 0 Å². The number of esters is 1. The molecule has 0 N–H and O–H groups in total. The Morgan fingerprint density at radius 1 is 1.24 bits per heavy atom. The molecule has 3 rings (SSSR count). The number of oxime groups is 1. The molecule has 1 aliphatic heterocycles. The van der Waals surface area contributed by atoms with Crippen molar-refractivity contribution in [2.45, 2.75) is 65.0 Å². The molecule has 0 saturated carbocycles. The lowest BCUT2D eigenvalue weighted by atomic mass is 9.92. The van der Waals surface area contributed by atoms with Gasteiger partial charge in [-0.1, -0.05) is 36.7 Å². The normalized spacial score (nSPS) is 14.6. The number of rotatable bonds is 7. The Labute approximate surface area is 199 Å². The van der Waals surface area contributed by atoms with Crippen LogP contribution in [0.3, 0.4) is 0 Å². The van der Waals surface area contributed by atoms with Gasteiger partial charge in [0, 0.05) is 29.5 Å². The first-order valence-electron chi connectivity index (χ1n) is 11.0. The van der Waals surface area contributed by atoms with E-state index in [0.29, 0.717) is 35.1 Å². The van der Waals surface area contributed by atoms with Crippen molar-refractivity contribution in [3.63, 3.8) is 0 Å². The maximum Gasteiger partial charge on any atom is 0.330 e. The van der Waals surface area contributed by atoms with Gasteiger partial charge in [0.15, 0.2) is 0 Å². The summed E-state index contributed by atoms with van der Waals surface area (Å²) in [6, 6.07) is 6.20. The van der Waals surface area contributed by atoms with E-state index in [1.165, 1.54) is 17.7 Å². The molecule has 7 nitrogen and oxygen atoms in total. The van der Waals surface area contributed by atoms with Gasteiger partial charge in [-0.3, -0.25) is 9.36 Å². The van der Waals surface area contributed by atoms with Crippen LogP contribution in [0.2, 0.25) is 5.02 Å². The molecule has 1 unspecified atom stereocenters. The van der Waals surface area contributed by atoms with Gasteiger partial charge in [-0.25, -0.2) is 4.79 Å². The van der Waals surface area contributed by atoms with Crippen LogP contribution in [-0.2, 0) is 14.4 Å². The highest BCUT2D eigenvalue weighted by molar-refractivity contribution is 6.30. The molecule has 0 amide bonds. The molecule has 0 saturated heterocycles. The summed E-state index contributed by atoms with van der Waals surface area (Å²) in [5, 5.41) is 4.57. The Hall–Kier alpha value is -2.80. The second kappa shape index (κ2) is 10.00. The fourth-order valence-electron chi connectivity index (χ4n) is 3.78. The fraction of sp³-hybridized carbons (Fsp3) is 0.480. The van der Waals surface area contributed by atoms with E-state index in [0.717, 1.165) is 11.1 Å². The third-order valence-electron chi connectivity index (χ3n) is 5.31. The van der Waals surface area contributed by atoms with E-state index in [-0.39, 0.29) is 17.9 Å². The van der Waals surface area contributed by atoms with Crippen LogP contribution < -0.4 is 10.3 Å². The number of methoxy groups -OCH3 is 1. The second-order valence-electron chi connectivity index (χ2n) is 9.38. The van der Waals surface area contributed by atoms with E-state index in [4.69, 9.17) is 25.9 Å². The fourth-order valence-corrected chi connectivity index (χ4v) is 3.96. The van der Waals surface area contributed by atoms with Crippen molar-refractivity contribution >= 4 is 23.3 Å². The molecule has 1 aromatic carbocycles. The topological polar surface area (TPSA) is 79.1 Å². The second-order valence-corrected chi connectivity index (χ2v) is 9.82. The standard InChI is InChI=1S/C25H31ClN2O5/c1-15(2)18-8-7-16(26)11-19(18)20-13-23(29)28(14-22(20)31-6)21(12-17-9-10-32-27-17)24(30)33-25(3,4)5/h7-8,11,13-15,21H,9-10,12H2,1-6H3. The average molecular weight is 475 g/mol. The lowest BCUT2D eigenvalue weighted by Crippen LogP contribution is -2.36. The van der Waals surface area contributed by atoms with Gasteiger partial charge >= 0.3 is 5.97 Å². The molecule has 2 heterocycles. The number of hydrogen-bond donors (Lipinski definition) is 0. The lowest BCUT2D eigenvalue weighted by molar-refractivity contribution is -0.158. The van der Waals surface area contributed by atoms with Crippen LogP contribution in [-0.4, -0.2) is 35.6 Å². The minimum absolute atomic E-state index is 0.208. The number of halogens is 1. The largest absolute Gasteiger partial charge is 0.495 e. The molecule has 0 bridgehead atoms. The molecule has 33 heavy (non-hydrogen) atoms. The van der Waals surface area contributed by atoms with Crippen molar-refractivity contribution in [1.82, 2.24) is 4.57 Å². The van der Waals surface area contributed by atoms with Crippen LogP contribution >= 0.6 is 11.6 Å². The summed E-state index contributed by atoms with van der Waals surface area (Å²) in [5.74, 6) is 0.149. The predicted molar refractivity (Wildman–Crippen MR) is 129 cm³/mol. The van der Waals surface area contributed by atoms with Crippen LogP contribution in [0.25, 0.3) is 11.1 Å². The Kier molecular flexibility index (Phi) is 7.52. The zero-order chi connectivity index (χ0) is 24.3. The zero-order valence-corrected chi connectivity index (χ0v) is 20.7. The summed E-state index contributed by atoms with van der Waals surface area (Å²) in [5.41, 5.74) is 2.13. The molecular weight excluding hydrogens is 444 g/mol. The SMILES string of the molecule is COc1cn(C(CC2=NOCC2)C(=O)OC(C)(C)C)c(=O)cc1-c1cc(Cl)ccc1C(C)C. The first kappa shape index (κ1) is 24.8. The number of benzene rings is 1. The van der Waals surface area contributed by atoms with Crippen molar-refractivity contribution in [3.8, 4) is 16.9 Å². The van der Waals surface area contributed by atoms with Gasteiger partial charge in [-0.2, -0.15) is 0 Å². The molecule has 0 aliphatic carbocycles. The zero-order valence-electron chi connectivity index (χ0n) is 20.0. The molecule has 0 fully saturated rings. The highest BCUT2D eigenvalue weighted by atomic mass is 35.5. The molecular formula is C25H31ClN2O5. The van der Waals surface area contributed by atoms with Gasteiger partial charge in [0.25, 0.3) is 5.56 Å². The summed E-state index contributed by atoms with van der Waals surface area (Å²) in [6.07, 6.45) is 2.38. The predicted octanol–water partition coefficient (Wildman–Crippen LogP) is 5.35. The molecule has 2 aromatic rings. The van der Waals surface area contributed by atoms with Crippen LogP contribution in [0.15, 0.2) is 40.4 Å². The third kappa shape index (κ3) is 5.96. The highest BCUT2D eigenvalue weighted by Gasteiger charge is 2.31. The quantitative estimate of drug-likeness (QED) is 0.505. The Morgan fingerprint density at radius 3 is 2.55 bits per heavy atom. The van der Waals surface area contributed by atoms with Crippen molar-refractivity contribution in [2.75, 3.05) is 13.7 Å². The third-order valence-corrected chi connectivity index (χ3v) is 5.55. The van der Waals surface area contributed by atoms with E-state index in [9.17, 15) is 9.59 Å². The number of aromatic nitrogens is 1. The molecule has 1 aromatic heterocycles. The number of ether oxygens (including phenoxy) is 2. The van der Waals surface area contributed by atoms with Crippen LogP contribution in [0.4, 0.5) is 0 Å².